The topological polar surface area (TPSA) is 84.0 Å². The van der Waals surface area contributed by atoms with Gasteiger partial charge in [0.1, 0.15) is 6.04 Å². The van der Waals surface area contributed by atoms with Gasteiger partial charge in [-0.05, 0) is 37.3 Å². The van der Waals surface area contributed by atoms with E-state index < -0.39 is 11.9 Å². The van der Waals surface area contributed by atoms with Gasteiger partial charge in [0.15, 0.2) is 10.9 Å². The van der Waals surface area contributed by atoms with Crippen molar-refractivity contribution in [3.63, 3.8) is 0 Å². The minimum Gasteiger partial charge on any atom is -0.350 e. The lowest BCUT2D eigenvalue weighted by molar-refractivity contribution is -0.123. The number of nitrogens with one attached hydrogen (secondary N) is 2. The van der Waals surface area contributed by atoms with E-state index in [0.29, 0.717) is 18.1 Å². The summed E-state index contributed by atoms with van der Waals surface area (Å²) in [6, 6.07) is 7.27. The molecule has 30 heavy (non-hydrogen) atoms. The summed E-state index contributed by atoms with van der Waals surface area (Å²) < 4.78 is 0. The van der Waals surface area contributed by atoms with E-state index in [4.69, 9.17) is 11.6 Å². The smallest absolute Gasteiger partial charge is 0.272 e. The van der Waals surface area contributed by atoms with E-state index in [2.05, 4.69) is 27.5 Å². The summed E-state index contributed by atoms with van der Waals surface area (Å²) in [7, 11) is 0. The molecule has 2 rings (SSSR count). The van der Waals surface area contributed by atoms with Crippen molar-refractivity contribution in [3.8, 4) is 0 Å². The molecule has 0 spiro atoms. The summed E-state index contributed by atoms with van der Waals surface area (Å²) >= 11 is 9.22. The molecule has 0 radical (unpaired) electrons. The Morgan fingerprint density at radius 3 is 2.60 bits per heavy atom. The standard InChI is InChI=1S/C21H27ClN4O2S2/c1-4-10-30-21-24-13-16(22)18(26-21)20(28)25-17(9-11-29-3)19(27)23-12-15-7-5-14(2)6-8-15/h5-8,13,17H,4,9-12H2,1-3H3,(H,23,27)(H,25,28)/t17-/m1/s1. The first kappa shape index (κ1) is 24.5. The summed E-state index contributed by atoms with van der Waals surface area (Å²) in [5.41, 5.74) is 2.25. The van der Waals surface area contributed by atoms with Crippen LogP contribution in [-0.4, -0.2) is 45.6 Å². The molecule has 0 fully saturated rings. The van der Waals surface area contributed by atoms with Crippen LogP contribution >= 0.6 is 35.1 Å². The van der Waals surface area contributed by atoms with E-state index in [-0.39, 0.29) is 16.6 Å². The van der Waals surface area contributed by atoms with Crippen LogP contribution in [0.1, 0.15) is 41.4 Å². The average molecular weight is 467 g/mol. The Balaban J connectivity index is 2.06. The van der Waals surface area contributed by atoms with Crippen LogP contribution in [0.4, 0.5) is 0 Å². The molecule has 2 aromatic rings. The fraction of sp³-hybridized carbons (Fsp3) is 0.429. The highest BCUT2D eigenvalue weighted by atomic mass is 35.5. The lowest BCUT2D eigenvalue weighted by Gasteiger charge is -2.18. The molecular weight excluding hydrogens is 440 g/mol. The molecule has 1 aromatic carbocycles. The second-order valence-electron chi connectivity index (χ2n) is 6.71. The second-order valence-corrected chi connectivity index (χ2v) is 9.16. The first-order valence-electron chi connectivity index (χ1n) is 9.73. The number of aryl methyl sites for hydroxylation is 1. The molecule has 1 aromatic heterocycles. The van der Waals surface area contributed by atoms with Gasteiger partial charge < -0.3 is 10.6 Å². The van der Waals surface area contributed by atoms with Crippen LogP contribution in [0, 0.1) is 6.92 Å². The van der Waals surface area contributed by atoms with E-state index in [1.807, 2.05) is 37.4 Å². The largest absolute Gasteiger partial charge is 0.350 e. The van der Waals surface area contributed by atoms with Gasteiger partial charge >= 0.3 is 0 Å². The van der Waals surface area contributed by atoms with Gasteiger partial charge in [0.2, 0.25) is 5.91 Å². The van der Waals surface area contributed by atoms with Crippen molar-refractivity contribution in [2.45, 2.75) is 44.4 Å². The fourth-order valence-corrected chi connectivity index (χ4v) is 3.84. The molecule has 0 unspecified atom stereocenters. The minimum atomic E-state index is -0.673. The van der Waals surface area contributed by atoms with Gasteiger partial charge in [0.25, 0.3) is 5.91 Å². The predicted octanol–water partition coefficient (Wildman–Crippen LogP) is 4.11. The monoisotopic (exact) mass is 466 g/mol. The SMILES string of the molecule is CCCSc1ncc(Cl)c(C(=O)N[C@H](CCSC)C(=O)NCc2ccc(C)cc2)n1. The van der Waals surface area contributed by atoms with Gasteiger partial charge in [0, 0.05) is 12.3 Å². The Bertz CT molecular complexity index is 849. The van der Waals surface area contributed by atoms with Crippen LogP contribution in [0.25, 0.3) is 0 Å². The first-order chi connectivity index (χ1) is 14.4. The van der Waals surface area contributed by atoms with Gasteiger partial charge in [-0.1, -0.05) is 60.1 Å². The van der Waals surface area contributed by atoms with Crippen LogP contribution in [0.3, 0.4) is 0 Å². The van der Waals surface area contributed by atoms with Gasteiger partial charge in [-0.3, -0.25) is 9.59 Å². The average Bonchev–Trinajstić information content (AvgIpc) is 2.75. The number of carbonyl (C=O) groups is 2. The number of hydrogen-bond donors (Lipinski definition) is 2. The molecule has 6 nitrogen and oxygen atoms in total. The van der Waals surface area contributed by atoms with Crippen LogP contribution in [0.2, 0.25) is 5.02 Å². The number of benzene rings is 1. The Hall–Kier alpha value is -1.77. The number of rotatable bonds is 11. The molecule has 0 saturated heterocycles. The molecule has 0 aliphatic carbocycles. The van der Waals surface area contributed by atoms with Crippen LogP contribution < -0.4 is 10.6 Å². The number of amides is 2. The quantitative estimate of drug-likeness (QED) is 0.383. The maximum Gasteiger partial charge on any atom is 0.272 e. The molecule has 0 saturated carbocycles. The van der Waals surface area contributed by atoms with Crippen LogP contribution in [0.5, 0.6) is 0 Å². The summed E-state index contributed by atoms with van der Waals surface area (Å²) in [6.45, 7) is 4.47. The van der Waals surface area contributed by atoms with E-state index >= 15 is 0 Å². The maximum atomic E-state index is 12.8. The van der Waals surface area contributed by atoms with Gasteiger partial charge in [0.05, 0.1) is 11.2 Å². The molecule has 1 atom stereocenters. The molecule has 2 amide bonds. The summed E-state index contributed by atoms with van der Waals surface area (Å²) in [5.74, 6) is 0.874. The Morgan fingerprint density at radius 1 is 1.20 bits per heavy atom. The van der Waals surface area contributed by atoms with E-state index in [0.717, 1.165) is 29.1 Å². The van der Waals surface area contributed by atoms with Crippen LogP contribution in [-0.2, 0) is 11.3 Å². The Morgan fingerprint density at radius 2 is 1.93 bits per heavy atom. The lowest BCUT2D eigenvalue weighted by Crippen LogP contribution is -2.47. The normalized spacial score (nSPS) is 11.7. The molecule has 2 N–H and O–H groups in total. The number of halogens is 1. The summed E-state index contributed by atoms with van der Waals surface area (Å²) in [5, 5.41) is 6.35. The number of thioether (sulfide) groups is 2. The van der Waals surface area contributed by atoms with E-state index in [1.54, 1.807) is 11.8 Å². The molecule has 162 valence electrons. The van der Waals surface area contributed by atoms with Gasteiger partial charge in [-0.2, -0.15) is 11.8 Å². The zero-order valence-corrected chi connectivity index (χ0v) is 19.8. The number of carbonyl (C=O) groups excluding carboxylic acids is 2. The highest BCUT2D eigenvalue weighted by molar-refractivity contribution is 7.99. The summed E-state index contributed by atoms with van der Waals surface area (Å²) in [4.78, 5) is 34.0. The molecule has 9 heteroatoms. The maximum absolute atomic E-state index is 12.8. The van der Waals surface area contributed by atoms with Crippen molar-refractivity contribution in [3.05, 3.63) is 52.3 Å². The second kappa shape index (κ2) is 12.8. The number of aromatic nitrogens is 2. The van der Waals surface area contributed by atoms with Crippen molar-refractivity contribution in [2.24, 2.45) is 0 Å². The van der Waals surface area contributed by atoms with Crippen molar-refractivity contribution in [1.82, 2.24) is 20.6 Å². The molecule has 0 aliphatic heterocycles. The zero-order valence-electron chi connectivity index (χ0n) is 17.4. The zero-order chi connectivity index (χ0) is 21.9. The minimum absolute atomic E-state index is 0.0887. The fourth-order valence-electron chi connectivity index (χ4n) is 2.52. The third-order valence-corrected chi connectivity index (χ3v) is 6.18. The number of hydrogen-bond acceptors (Lipinski definition) is 6. The number of nitrogens with zero attached hydrogens (tertiary/aromatic N) is 2. The Labute approximate surface area is 191 Å². The van der Waals surface area contributed by atoms with E-state index in [1.165, 1.54) is 18.0 Å². The van der Waals surface area contributed by atoms with Crippen molar-refractivity contribution in [2.75, 3.05) is 17.8 Å². The van der Waals surface area contributed by atoms with Crippen LogP contribution in [0.15, 0.2) is 35.6 Å². The third kappa shape index (κ3) is 7.81. The third-order valence-electron chi connectivity index (χ3n) is 4.19. The molecule has 1 heterocycles. The van der Waals surface area contributed by atoms with Crippen molar-refractivity contribution in [1.29, 1.82) is 0 Å². The first-order valence-corrected chi connectivity index (χ1v) is 12.5. The van der Waals surface area contributed by atoms with Gasteiger partial charge in [-0.15, -0.1) is 0 Å². The molecule has 0 bridgehead atoms. The van der Waals surface area contributed by atoms with E-state index in [9.17, 15) is 9.59 Å². The van der Waals surface area contributed by atoms with Gasteiger partial charge in [-0.25, -0.2) is 9.97 Å². The molecule has 0 aliphatic rings. The molecular formula is C21H27ClN4O2S2. The lowest BCUT2D eigenvalue weighted by atomic mass is 10.1. The highest BCUT2D eigenvalue weighted by Gasteiger charge is 2.23. The Kier molecular flexibility index (Phi) is 10.5. The summed E-state index contributed by atoms with van der Waals surface area (Å²) in [6.07, 6.45) is 4.86. The van der Waals surface area contributed by atoms with Crippen molar-refractivity contribution >= 4 is 46.9 Å². The van der Waals surface area contributed by atoms with Crippen molar-refractivity contribution < 1.29 is 9.59 Å². The predicted molar refractivity (Wildman–Crippen MR) is 125 cm³/mol. The highest BCUT2D eigenvalue weighted by Crippen LogP contribution is 2.19.